The first-order valence-electron chi connectivity index (χ1n) is 23.2. The molecule has 0 aliphatic carbocycles. The minimum Gasteiger partial charge on any atom is -0.456 e. The Morgan fingerprint density at radius 1 is 0.536 bits per heavy atom. The maximum atomic E-state index is 6.78. The summed E-state index contributed by atoms with van der Waals surface area (Å²) < 4.78 is 8.97. The van der Waals surface area contributed by atoms with E-state index < -0.39 is 16.1 Å². The second-order valence-electron chi connectivity index (χ2n) is 17.8. The van der Waals surface area contributed by atoms with Crippen LogP contribution in [0.25, 0.3) is 44.4 Å². The fourth-order valence-electron chi connectivity index (χ4n) is 11.5. The molecule has 0 saturated carbocycles. The average molecular weight is 1010 g/mol. The average Bonchev–Trinajstić information content (AvgIpc) is 3.95. The van der Waals surface area contributed by atoms with Gasteiger partial charge in [-0.05, 0) is 73.1 Å². The Labute approximate surface area is 417 Å². The van der Waals surface area contributed by atoms with Crippen molar-refractivity contribution in [1.29, 1.82) is 0 Å². The van der Waals surface area contributed by atoms with Gasteiger partial charge in [0.1, 0.15) is 19.2 Å². The van der Waals surface area contributed by atoms with Crippen molar-refractivity contribution in [3.63, 3.8) is 0 Å². The summed E-state index contributed by atoms with van der Waals surface area (Å²) in [6.07, 6.45) is 1.98. The number of hydrogen-bond acceptors (Lipinski definition) is 3. The fourth-order valence-corrected chi connectivity index (χ4v) is 21.3. The first-order chi connectivity index (χ1) is 33.6. The van der Waals surface area contributed by atoms with Crippen LogP contribution in [0, 0.1) is 12.1 Å². The third-order valence-electron chi connectivity index (χ3n) is 14.4. The Bertz CT molecular complexity index is 3760. The Balaban J connectivity index is 0.00000492. The molecule has 1 aliphatic heterocycles. The molecule has 0 radical (unpaired) electrons. The molecule has 1 atom stereocenters. The number of imidazole rings is 1. The van der Waals surface area contributed by atoms with Crippen molar-refractivity contribution in [3.05, 3.63) is 266 Å². The molecule has 4 heterocycles. The predicted molar refractivity (Wildman–Crippen MR) is 284 cm³/mol. The van der Waals surface area contributed by atoms with Gasteiger partial charge in [0.25, 0.3) is 0 Å². The molecule has 0 N–H and O–H groups in total. The third kappa shape index (κ3) is 6.57. The van der Waals surface area contributed by atoms with E-state index >= 15 is 0 Å². The van der Waals surface area contributed by atoms with Gasteiger partial charge < -0.3 is 8.98 Å². The van der Waals surface area contributed by atoms with Crippen LogP contribution < -0.4 is 41.5 Å². The van der Waals surface area contributed by atoms with Gasteiger partial charge in [0.05, 0.1) is 22.6 Å². The van der Waals surface area contributed by atoms with E-state index in [0.717, 1.165) is 66.0 Å². The van der Waals surface area contributed by atoms with Gasteiger partial charge in [-0.2, -0.15) is 29.5 Å². The van der Waals surface area contributed by atoms with Crippen LogP contribution >= 0.6 is 0 Å². The van der Waals surface area contributed by atoms with Crippen molar-refractivity contribution in [3.8, 4) is 11.4 Å². The molecule has 1 aliphatic rings. The first-order valence-corrected chi connectivity index (χ1v) is 27.2. The Morgan fingerprint density at radius 2 is 1.14 bits per heavy atom. The van der Waals surface area contributed by atoms with E-state index in [1.165, 1.54) is 36.7 Å². The zero-order valence-corrected chi connectivity index (χ0v) is 41.2. The minimum absolute atomic E-state index is 0. The Kier molecular flexibility index (Phi) is 10.7. The smallest absolute Gasteiger partial charge is 0.456 e. The number of aryl methyl sites for hydroxylation is 1. The van der Waals surface area contributed by atoms with Gasteiger partial charge in [0.15, 0.2) is 8.07 Å². The summed E-state index contributed by atoms with van der Waals surface area (Å²) in [5, 5.41) is 12.2. The van der Waals surface area contributed by atoms with E-state index in [0.29, 0.717) is 0 Å². The van der Waals surface area contributed by atoms with Crippen molar-refractivity contribution in [2.75, 3.05) is 0 Å². The summed E-state index contributed by atoms with van der Waals surface area (Å²) in [4.78, 5) is 10.6. The number of rotatable bonds is 8. The third-order valence-corrected chi connectivity index (χ3v) is 23.8. The van der Waals surface area contributed by atoms with E-state index in [-0.39, 0.29) is 26.3 Å². The van der Waals surface area contributed by atoms with Crippen LogP contribution in [-0.2, 0) is 27.5 Å². The summed E-state index contributed by atoms with van der Waals surface area (Å²) >= 11 is 0. The molecule has 69 heavy (non-hydrogen) atoms. The topological polar surface area (TPSA) is 43.9 Å². The van der Waals surface area contributed by atoms with Crippen molar-refractivity contribution in [2.24, 2.45) is 7.05 Å². The molecular formula is C62H43N3OPdSi2. The van der Waals surface area contributed by atoms with Gasteiger partial charge in [-0.1, -0.05) is 158 Å². The van der Waals surface area contributed by atoms with Crippen LogP contribution in [0.1, 0.15) is 22.7 Å². The van der Waals surface area contributed by atoms with Crippen molar-refractivity contribution < 1.29 is 24.8 Å². The standard InChI is InChI=1S/C62H43N3OSi2.Pd/c1-65-55-35-16-15-34-54(55)64-62(65)44-22-19-32-50(40-44)67(45-23-6-2-7-24-45,46-25-8-3-9-26-46)49-31-18-21-43(39-49)60-53-41-52-51-33-14-17-36-56(51)66-57(52)42-59(53)68(47-27-10-4-11-28-47,48-29-12-5-13-30-48)58-37-20-38-63-61(58)60;/h2-38,41-42,60H,1H3;/q-2;+2. The maximum absolute atomic E-state index is 6.78. The second kappa shape index (κ2) is 17.2. The molecule has 7 heteroatoms. The van der Waals surface area contributed by atoms with E-state index in [9.17, 15) is 0 Å². The van der Waals surface area contributed by atoms with E-state index in [1.54, 1.807) is 0 Å². The number of nitrogens with zero attached hydrogens (tertiary/aromatic N) is 3. The molecule has 330 valence electrons. The van der Waals surface area contributed by atoms with Gasteiger partial charge >= 0.3 is 20.4 Å². The molecule has 4 nitrogen and oxygen atoms in total. The van der Waals surface area contributed by atoms with Crippen molar-refractivity contribution in [1.82, 2.24) is 14.5 Å². The molecule has 0 amide bonds. The van der Waals surface area contributed by atoms with E-state index in [2.05, 4.69) is 254 Å². The largest absolute Gasteiger partial charge is 2.00 e. The quantitative estimate of drug-likeness (QED) is 0.0874. The van der Waals surface area contributed by atoms with Gasteiger partial charge in [-0.3, -0.25) is 9.97 Å². The Hall–Kier alpha value is -7.50. The molecule has 3 aromatic heterocycles. The number of para-hydroxylation sites is 3. The maximum Gasteiger partial charge on any atom is 2.00 e. The second-order valence-corrected chi connectivity index (χ2v) is 25.3. The summed E-state index contributed by atoms with van der Waals surface area (Å²) in [7, 11) is -4.10. The van der Waals surface area contributed by atoms with Gasteiger partial charge in [0, 0.05) is 29.9 Å². The summed E-state index contributed by atoms with van der Waals surface area (Å²) in [6, 6.07) is 92.3. The molecule has 9 aromatic carbocycles. The molecule has 0 saturated heterocycles. The number of hydrogen-bond donors (Lipinski definition) is 0. The van der Waals surface area contributed by atoms with Gasteiger partial charge in [-0.25, -0.2) is 0 Å². The summed E-state index contributed by atoms with van der Waals surface area (Å²) in [6.45, 7) is 0. The van der Waals surface area contributed by atoms with E-state index in [1.807, 2.05) is 6.20 Å². The van der Waals surface area contributed by atoms with Crippen LogP contribution in [0.15, 0.2) is 241 Å². The summed E-state index contributed by atoms with van der Waals surface area (Å²) in [5.41, 5.74) is 8.19. The Morgan fingerprint density at radius 3 is 1.84 bits per heavy atom. The number of pyridine rings is 1. The predicted octanol–water partition coefficient (Wildman–Crippen LogP) is 8.38. The van der Waals surface area contributed by atoms with Crippen LogP contribution in [0.5, 0.6) is 0 Å². The number of fused-ring (bicyclic) bond motifs is 6. The van der Waals surface area contributed by atoms with Crippen LogP contribution in [0.2, 0.25) is 0 Å². The molecule has 1 unspecified atom stereocenters. The van der Waals surface area contributed by atoms with Crippen molar-refractivity contribution in [2.45, 2.75) is 5.92 Å². The molecule has 12 aromatic rings. The normalized spacial score (nSPS) is 14.0. The zero-order valence-electron chi connectivity index (χ0n) is 37.7. The number of aromatic nitrogens is 3. The van der Waals surface area contributed by atoms with Crippen LogP contribution in [-0.4, -0.2) is 30.7 Å². The van der Waals surface area contributed by atoms with Gasteiger partial charge in [-0.15, -0.1) is 40.6 Å². The fraction of sp³-hybridized carbons (Fsp3) is 0.0323. The molecule has 13 rings (SSSR count). The molecular weight excluding hydrogens is 965 g/mol. The van der Waals surface area contributed by atoms with Crippen molar-refractivity contribution >= 4 is 90.6 Å². The SMILES string of the molecule is Cn1c(-c2[c-]c([Si](c3[c-]c(C4c5cc6c(cc5[Si](c5ccccc5)(c5ccccc5)c5cccnc54)oc4ccccc46)ccc3)(c3ccccc3)c3ccccc3)ccc2)nc2ccccc21.[Pd+2]. The minimum atomic E-state index is -3.18. The van der Waals surface area contributed by atoms with Gasteiger partial charge in [0.2, 0.25) is 0 Å². The van der Waals surface area contributed by atoms with E-state index in [4.69, 9.17) is 14.4 Å². The van der Waals surface area contributed by atoms with Crippen LogP contribution in [0.4, 0.5) is 0 Å². The first kappa shape index (κ1) is 42.8. The number of furan rings is 1. The zero-order chi connectivity index (χ0) is 45.2. The van der Waals surface area contributed by atoms with Crippen LogP contribution in [0.3, 0.4) is 0 Å². The molecule has 0 bridgehead atoms. The molecule has 0 fully saturated rings. The number of benzene rings is 9. The molecule has 0 spiro atoms. The summed E-state index contributed by atoms with van der Waals surface area (Å²) in [5.74, 6) is 0.652. The monoisotopic (exact) mass is 1010 g/mol.